The van der Waals surface area contributed by atoms with Gasteiger partial charge in [0.2, 0.25) is 0 Å². The molecule has 0 aromatic heterocycles. The molecule has 2 aromatic carbocycles. The maximum absolute atomic E-state index is 15.7. The molecule has 0 amide bonds. The van der Waals surface area contributed by atoms with Crippen LogP contribution in [0.4, 0.5) is 27.6 Å². The first kappa shape index (κ1) is 28.6. The number of fused-ring (bicyclic) bond motifs is 1. The van der Waals surface area contributed by atoms with Gasteiger partial charge in [-0.25, -0.2) is 8.78 Å². The van der Waals surface area contributed by atoms with Crippen LogP contribution in [0.15, 0.2) is 30.3 Å². The van der Waals surface area contributed by atoms with Gasteiger partial charge in [0.05, 0.1) is 18.5 Å². The molecule has 3 aliphatic heterocycles. The molecular weight excluding hydrogens is 533 g/mol. The topological polar surface area (TPSA) is 67.2 Å². The summed E-state index contributed by atoms with van der Waals surface area (Å²) in [5.74, 6) is -2.93. The summed E-state index contributed by atoms with van der Waals surface area (Å²) in [5.41, 5.74) is 0.827. The number of benzene rings is 2. The Hall–Kier alpha value is -2.92. The van der Waals surface area contributed by atoms with Crippen LogP contribution in [0, 0.1) is 17.6 Å². The minimum absolute atomic E-state index is 0.0556. The average Bonchev–Trinajstić information content (AvgIpc) is 2.89. The molecule has 0 saturated carbocycles. The summed E-state index contributed by atoms with van der Waals surface area (Å²) < 4.78 is 72.2. The van der Waals surface area contributed by atoms with E-state index in [9.17, 15) is 28.2 Å². The van der Waals surface area contributed by atoms with E-state index in [1.54, 1.807) is 6.92 Å². The van der Waals surface area contributed by atoms with Gasteiger partial charge in [-0.15, -0.1) is 0 Å². The van der Waals surface area contributed by atoms with Gasteiger partial charge in [-0.3, -0.25) is 9.69 Å². The van der Waals surface area contributed by atoms with Crippen molar-refractivity contribution in [2.75, 3.05) is 37.6 Å². The van der Waals surface area contributed by atoms with Crippen molar-refractivity contribution in [1.29, 1.82) is 0 Å². The number of halogens is 5. The number of anilines is 1. The monoisotopic (exact) mass is 567 g/mol. The third kappa shape index (κ3) is 5.90. The van der Waals surface area contributed by atoms with Crippen LogP contribution >= 0.6 is 0 Å². The fourth-order valence-corrected chi connectivity index (χ4v) is 6.70. The number of carbonyl (C=O) groups is 1. The molecule has 2 fully saturated rings. The molecule has 6 nitrogen and oxygen atoms in total. The predicted octanol–water partition coefficient (Wildman–Crippen LogP) is 5.33. The van der Waals surface area contributed by atoms with Crippen LogP contribution in [0.2, 0.25) is 0 Å². The normalized spacial score (nSPS) is 23.8. The fraction of sp³-hybridized carbons (Fsp3) is 0.552. The number of carboxylic acids is 1. The lowest BCUT2D eigenvalue weighted by atomic mass is 9.84. The quantitative estimate of drug-likeness (QED) is 0.476. The SMILES string of the molecule is C[C@@H]1Cc2cc(O)ccc2[C@@H](c2c(F)cc(N3CCC(N4CCC(C(=O)O)CC4)CC3)cc2F)N1CC(F)(F)F. The highest BCUT2D eigenvalue weighted by Gasteiger charge is 2.42. The molecule has 218 valence electrons. The fourth-order valence-electron chi connectivity index (χ4n) is 6.70. The minimum atomic E-state index is -4.57. The maximum Gasteiger partial charge on any atom is 0.401 e. The van der Waals surface area contributed by atoms with E-state index in [0.717, 1.165) is 17.7 Å². The van der Waals surface area contributed by atoms with Gasteiger partial charge in [-0.2, -0.15) is 13.2 Å². The standard InChI is InChI=1S/C29H34F5N3O3/c1-17-12-19-13-22(38)2-3-23(19)27(37(17)16-29(32,33)34)26-24(30)14-21(15-25(26)31)36-10-6-20(7-11-36)35-8-4-18(5-9-35)28(39)40/h2-3,13-15,17-18,20,27,38H,4-12,16H2,1H3,(H,39,40)/t17-,27+/m1/s1. The van der Waals surface area contributed by atoms with Gasteiger partial charge in [0.25, 0.3) is 0 Å². The number of hydrogen-bond donors (Lipinski definition) is 2. The van der Waals surface area contributed by atoms with Crippen molar-refractivity contribution in [2.45, 2.75) is 63.3 Å². The van der Waals surface area contributed by atoms with E-state index in [0.29, 0.717) is 55.8 Å². The van der Waals surface area contributed by atoms with Crippen molar-refractivity contribution < 1.29 is 37.0 Å². The number of alkyl halides is 3. The van der Waals surface area contributed by atoms with E-state index >= 15 is 8.78 Å². The number of phenolic OH excluding ortho intramolecular Hbond substituents is 1. The van der Waals surface area contributed by atoms with E-state index in [1.807, 2.05) is 4.90 Å². The predicted molar refractivity (Wildman–Crippen MR) is 139 cm³/mol. The lowest BCUT2D eigenvalue weighted by molar-refractivity contribution is -0.155. The largest absolute Gasteiger partial charge is 0.508 e. The molecule has 0 spiro atoms. The van der Waals surface area contributed by atoms with E-state index < -0.39 is 48.0 Å². The van der Waals surface area contributed by atoms with Crippen LogP contribution in [-0.4, -0.2) is 77.0 Å². The lowest BCUT2D eigenvalue weighted by Crippen LogP contribution is -2.48. The Kier molecular flexibility index (Phi) is 7.98. The molecule has 3 aliphatic rings. The van der Waals surface area contributed by atoms with Crippen molar-refractivity contribution in [3.63, 3.8) is 0 Å². The van der Waals surface area contributed by atoms with Crippen molar-refractivity contribution >= 4 is 11.7 Å². The van der Waals surface area contributed by atoms with Crippen molar-refractivity contribution in [2.24, 2.45) is 5.92 Å². The molecule has 40 heavy (non-hydrogen) atoms. The van der Waals surface area contributed by atoms with Gasteiger partial charge in [-0.05, 0) is 87.5 Å². The van der Waals surface area contributed by atoms with Gasteiger partial charge >= 0.3 is 12.1 Å². The Morgan fingerprint density at radius 3 is 2.17 bits per heavy atom. The lowest BCUT2D eigenvalue weighted by Gasteiger charge is -2.43. The Morgan fingerprint density at radius 1 is 0.975 bits per heavy atom. The number of aliphatic carboxylic acids is 1. The van der Waals surface area contributed by atoms with Gasteiger partial charge in [0, 0.05) is 36.4 Å². The first-order valence-electron chi connectivity index (χ1n) is 13.8. The van der Waals surface area contributed by atoms with Gasteiger partial charge in [-0.1, -0.05) is 6.07 Å². The molecule has 0 bridgehead atoms. The summed E-state index contributed by atoms with van der Waals surface area (Å²) in [6.45, 7) is 2.82. The van der Waals surface area contributed by atoms with Crippen LogP contribution in [0.1, 0.15) is 55.3 Å². The molecule has 2 saturated heterocycles. The van der Waals surface area contributed by atoms with Crippen molar-refractivity contribution in [3.05, 3.63) is 58.7 Å². The van der Waals surface area contributed by atoms with Gasteiger partial charge < -0.3 is 20.0 Å². The maximum atomic E-state index is 15.7. The number of aromatic hydroxyl groups is 1. The number of likely N-dealkylation sites (tertiary alicyclic amines) is 1. The Labute approximate surface area is 230 Å². The molecule has 0 aliphatic carbocycles. The summed E-state index contributed by atoms with van der Waals surface area (Å²) in [4.78, 5) is 16.5. The molecule has 2 aromatic rings. The number of carboxylic acid groups (broad SMARTS) is 1. The first-order valence-corrected chi connectivity index (χ1v) is 13.8. The first-order chi connectivity index (χ1) is 18.9. The van der Waals surface area contributed by atoms with E-state index in [2.05, 4.69) is 4.90 Å². The molecule has 0 unspecified atom stereocenters. The second kappa shape index (κ2) is 11.2. The molecule has 3 heterocycles. The molecular formula is C29H34F5N3O3. The summed E-state index contributed by atoms with van der Waals surface area (Å²) >= 11 is 0. The second-order valence-corrected chi connectivity index (χ2v) is 11.3. The van der Waals surface area contributed by atoms with Crippen molar-refractivity contribution in [3.8, 4) is 5.75 Å². The van der Waals surface area contributed by atoms with E-state index in [1.165, 1.54) is 30.3 Å². The summed E-state index contributed by atoms with van der Waals surface area (Å²) in [5, 5.41) is 19.2. The van der Waals surface area contributed by atoms with Crippen LogP contribution in [0.25, 0.3) is 0 Å². The number of piperidine rings is 2. The Morgan fingerprint density at radius 2 is 1.60 bits per heavy atom. The number of nitrogens with zero attached hydrogens (tertiary/aromatic N) is 3. The zero-order valence-electron chi connectivity index (χ0n) is 22.3. The second-order valence-electron chi connectivity index (χ2n) is 11.3. The molecule has 0 radical (unpaired) electrons. The average molecular weight is 568 g/mol. The van der Waals surface area contributed by atoms with Crippen molar-refractivity contribution in [1.82, 2.24) is 9.80 Å². The van der Waals surface area contributed by atoms with Crippen LogP contribution < -0.4 is 4.90 Å². The van der Waals surface area contributed by atoms with Crippen LogP contribution in [0.3, 0.4) is 0 Å². The Balaban J connectivity index is 1.37. The summed E-state index contributed by atoms with van der Waals surface area (Å²) in [6.07, 6.45) is -1.61. The molecule has 2 atom stereocenters. The number of rotatable bonds is 5. The zero-order valence-corrected chi connectivity index (χ0v) is 22.3. The third-order valence-corrected chi connectivity index (χ3v) is 8.76. The van der Waals surface area contributed by atoms with E-state index in [-0.39, 0.29) is 24.1 Å². The molecule has 2 N–H and O–H groups in total. The van der Waals surface area contributed by atoms with Crippen LogP contribution in [-0.2, 0) is 11.2 Å². The Bertz CT molecular complexity index is 1220. The molecule has 5 rings (SSSR count). The summed E-state index contributed by atoms with van der Waals surface area (Å²) in [7, 11) is 0. The highest BCUT2D eigenvalue weighted by Crippen LogP contribution is 2.43. The highest BCUT2D eigenvalue weighted by molar-refractivity contribution is 5.70. The van der Waals surface area contributed by atoms with Crippen LogP contribution in [0.5, 0.6) is 5.75 Å². The number of phenols is 1. The number of hydrogen-bond acceptors (Lipinski definition) is 5. The summed E-state index contributed by atoms with van der Waals surface area (Å²) in [6, 6.07) is 4.95. The molecule has 11 heteroatoms. The highest BCUT2D eigenvalue weighted by atomic mass is 19.4. The third-order valence-electron chi connectivity index (χ3n) is 8.76. The zero-order chi connectivity index (χ0) is 28.8. The van der Waals surface area contributed by atoms with E-state index in [4.69, 9.17) is 0 Å². The van der Waals surface area contributed by atoms with Gasteiger partial charge in [0.1, 0.15) is 17.4 Å². The van der Waals surface area contributed by atoms with Gasteiger partial charge in [0.15, 0.2) is 0 Å². The smallest absolute Gasteiger partial charge is 0.401 e. The minimum Gasteiger partial charge on any atom is -0.508 e.